The largest absolute Gasteiger partial charge is 0.462 e. The Bertz CT molecular complexity index is 1010. The van der Waals surface area contributed by atoms with Gasteiger partial charge in [0.05, 0.1) is 10.7 Å². The fraction of sp³-hybridized carbons (Fsp3) is 0.760. The molecule has 0 amide bonds. The maximum Gasteiger partial charge on any atom is 0.260 e. The Morgan fingerprint density at radius 1 is 1.00 bits per heavy atom. The average Bonchev–Trinajstić information content (AvgIpc) is 2.82. The molecule has 2 saturated heterocycles. The Kier molecular flexibility index (Phi) is 4.73. The van der Waals surface area contributed by atoms with Gasteiger partial charge < -0.3 is 34.6 Å². The molecular weight excluding hydrogens is 444 g/mol. The Labute approximate surface area is 202 Å². The molecule has 2 aliphatic heterocycles. The van der Waals surface area contributed by atoms with E-state index in [1.807, 2.05) is 0 Å². The van der Waals surface area contributed by atoms with E-state index < -0.39 is 55.7 Å². The number of benzene rings is 1. The molecule has 6 aliphatic rings. The molecule has 4 saturated carbocycles. The molecule has 4 bridgehead atoms. The number of ether oxygens (including phenoxy) is 3. The molecule has 0 aromatic heterocycles. The molecule has 6 fully saturated rings. The van der Waals surface area contributed by atoms with E-state index in [9.17, 15) is 20.4 Å². The second-order valence-corrected chi connectivity index (χ2v) is 10.8. The normalized spacial score (nSPS) is 51.0. The van der Waals surface area contributed by atoms with Gasteiger partial charge in [0.15, 0.2) is 5.60 Å². The summed E-state index contributed by atoms with van der Waals surface area (Å²) in [5, 5.41) is 40.2. The number of aliphatic hydroxyl groups is 4. The zero-order valence-corrected chi connectivity index (χ0v) is 19.0. The third kappa shape index (κ3) is 3.02. The summed E-state index contributed by atoms with van der Waals surface area (Å²) < 4.78 is 41.1. The lowest BCUT2D eigenvalue weighted by Gasteiger charge is -2.68. The number of rotatable bonds is 5. The second kappa shape index (κ2) is 8.11. The third-order valence-corrected chi connectivity index (χ3v) is 8.97. The third-order valence-electron chi connectivity index (χ3n) is 8.97. The van der Waals surface area contributed by atoms with Crippen molar-refractivity contribution in [2.24, 2.45) is 23.7 Å². The van der Waals surface area contributed by atoms with Crippen molar-refractivity contribution in [3.63, 3.8) is 0 Å². The first kappa shape index (κ1) is 19.8. The molecular formula is C25H34O9. The summed E-state index contributed by atoms with van der Waals surface area (Å²) >= 11 is 0. The minimum absolute atomic E-state index is 0.0935. The lowest BCUT2D eigenvalue weighted by molar-refractivity contribution is -0.645. The molecule has 1 aromatic carbocycles. The summed E-state index contributed by atoms with van der Waals surface area (Å²) in [7, 11) is -2.77. The molecule has 9 nitrogen and oxygen atoms in total. The van der Waals surface area contributed by atoms with Gasteiger partial charge in [-0.2, -0.15) is 4.89 Å². The van der Waals surface area contributed by atoms with E-state index in [1.54, 1.807) is 25.1 Å². The molecule has 0 radical (unpaired) electrons. The zero-order valence-electron chi connectivity index (χ0n) is 22.0. The fourth-order valence-corrected chi connectivity index (χ4v) is 7.42. The van der Waals surface area contributed by atoms with Gasteiger partial charge in [0.25, 0.3) is 5.79 Å². The van der Waals surface area contributed by atoms with Crippen molar-refractivity contribution in [2.45, 2.75) is 81.1 Å². The van der Waals surface area contributed by atoms with Crippen LogP contribution in [-0.4, -0.2) is 70.4 Å². The highest BCUT2D eigenvalue weighted by atomic mass is 17.3. The van der Waals surface area contributed by atoms with Crippen LogP contribution >= 0.6 is 0 Å². The van der Waals surface area contributed by atoms with Crippen molar-refractivity contribution in [3.8, 4) is 5.75 Å². The Hall–Kier alpha value is -1.30. The Balaban J connectivity index is 1.37. The van der Waals surface area contributed by atoms with Gasteiger partial charge in [0.1, 0.15) is 30.2 Å². The van der Waals surface area contributed by atoms with Gasteiger partial charge in [-0.25, -0.2) is 4.89 Å². The van der Waals surface area contributed by atoms with Crippen molar-refractivity contribution in [1.29, 1.82) is 0 Å². The minimum Gasteiger partial charge on any atom is -0.462 e. The van der Waals surface area contributed by atoms with Crippen molar-refractivity contribution >= 4 is 0 Å². The van der Waals surface area contributed by atoms with Crippen molar-refractivity contribution in [3.05, 3.63) is 29.3 Å². The van der Waals surface area contributed by atoms with Crippen LogP contribution in [0.15, 0.2) is 18.2 Å². The van der Waals surface area contributed by atoms with E-state index in [0.717, 1.165) is 25.7 Å². The number of hydrogen-bond donors (Lipinski definition) is 4. The first-order valence-electron chi connectivity index (χ1n) is 13.6. The molecule has 7 rings (SSSR count). The Morgan fingerprint density at radius 2 is 1.71 bits per heavy atom. The first-order valence-corrected chi connectivity index (χ1v) is 12.1. The predicted molar refractivity (Wildman–Crippen MR) is 116 cm³/mol. The van der Waals surface area contributed by atoms with Crippen LogP contribution < -0.4 is 4.74 Å². The monoisotopic (exact) mass is 481 g/mol. The highest BCUT2D eigenvalue weighted by Gasteiger charge is 2.76. The summed E-state index contributed by atoms with van der Waals surface area (Å²) in [5.41, 5.74) is 0.112. The summed E-state index contributed by atoms with van der Waals surface area (Å²) in [6.07, 6.45) is -2.28. The van der Waals surface area contributed by atoms with E-state index in [-0.39, 0.29) is 17.6 Å². The quantitative estimate of drug-likeness (QED) is 0.458. The van der Waals surface area contributed by atoms with Crippen molar-refractivity contribution in [2.75, 3.05) is 13.6 Å². The van der Waals surface area contributed by atoms with E-state index in [0.29, 0.717) is 23.0 Å². The van der Waals surface area contributed by atoms with Crippen LogP contribution in [0.25, 0.3) is 0 Å². The zero-order chi connectivity index (χ0) is 26.3. The fourth-order valence-electron chi connectivity index (χ4n) is 7.42. The van der Waals surface area contributed by atoms with E-state index in [4.69, 9.17) is 28.1 Å². The molecule has 4 aliphatic carbocycles. The average molecular weight is 482 g/mol. The molecule has 1 spiro atoms. The number of hydrogen-bond acceptors (Lipinski definition) is 9. The number of methoxy groups -OCH3 is 1. The van der Waals surface area contributed by atoms with Gasteiger partial charge >= 0.3 is 0 Å². The summed E-state index contributed by atoms with van der Waals surface area (Å²) in [4.78, 5) is 11.6. The topological polar surface area (TPSA) is 127 Å². The highest BCUT2D eigenvalue weighted by molar-refractivity contribution is 5.41. The van der Waals surface area contributed by atoms with Gasteiger partial charge in [-0.1, -0.05) is 12.1 Å². The highest BCUT2D eigenvalue weighted by Crippen LogP contribution is 2.69. The maximum absolute atomic E-state index is 10.5. The Morgan fingerprint density at radius 3 is 2.29 bits per heavy atom. The van der Waals surface area contributed by atoms with E-state index in [1.165, 1.54) is 6.42 Å². The van der Waals surface area contributed by atoms with Crippen LogP contribution in [0.4, 0.5) is 0 Å². The van der Waals surface area contributed by atoms with Crippen LogP contribution in [-0.2, 0) is 25.0 Å². The maximum atomic E-state index is 10.5. The SMILES string of the molecule is [2H]C([2H])([2H])OC1(c2ccc(C)c(O[C@@H]3OC(CO)[C@H](O)[C@H](O)C3O)c2)OOC12C1CC3CC(C1)CC2C3. The van der Waals surface area contributed by atoms with Crippen molar-refractivity contribution < 1.29 is 48.5 Å². The summed E-state index contributed by atoms with van der Waals surface area (Å²) in [6, 6.07) is 5.05. The molecule has 188 valence electrons. The predicted octanol–water partition coefficient (Wildman–Crippen LogP) is 1.13. The van der Waals surface area contributed by atoms with Gasteiger partial charge in [0, 0.05) is 12.6 Å². The number of aliphatic hydroxyl groups excluding tert-OH is 4. The lowest BCUT2D eigenvalue weighted by Crippen LogP contribution is -2.76. The summed E-state index contributed by atoms with van der Waals surface area (Å²) in [6.45, 7) is 1.18. The van der Waals surface area contributed by atoms with Crippen LogP contribution in [0.2, 0.25) is 0 Å². The standard InChI is InChI=1S/C25H34O9/c1-12-3-4-15(10-18(12)31-23-22(29)21(28)20(27)19(11-26)32-23)25(30-2)24(33-34-25)16-6-13-5-14(8-16)9-17(24)7-13/h3-4,10,13-14,16-17,19-23,26-29H,5-9,11H2,1-2H3/t13?,14?,16?,17?,19?,20-,21-,22?,23+,24?,25?/m0/s1/i2D3. The first-order chi connectivity index (χ1) is 17.5. The van der Waals surface area contributed by atoms with Gasteiger partial charge in [-0.15, -0.1) is 0 Å². The van der Waals surface area contributed by atoms with E-state index >= 15 is 0 Å². The minimum atomic E-state index is -2.77. The van der Waals surface area contributed by atoms with Gasteiger partial charge in [0.2, 0.25) is 6.29 Å². The molecule has 1 aromatic rings. The molecule has 4 N–H and O–H groups in total. The smallest absolute Gasteiger partial charge is 0.260 e. The molecule has 3 unspecified atom stereocenters. The van der Waals surface area contributed by atoms with Gasteiger partial charge in [-0.05, 0) is 74.3 Å². The molecule has 2 heterocycles. The van der Waals surface area contributed by atoms with E-state index in [2.05, 4.69) is 0 Å². The van der Waals surface area contributed by atoms with Crippen molar-refractivity contribution in [1.82, 2.24) is 0 Å². The second-order valence-electron chi connectivity index (χ2n) is 10.8. The van der Waals surface area contributed by atoms with Crippen LogP contribution in [0.3, 0.4) is 0 Å². The van der Waals surface area contributed by atoms with Gasteiger partial charge in [-0.3, -0.25) is 0 Å². The van der Waals surface area contributed by atoms with Crippen LogP contribution in [0.5, 0.6) is 5.75 Å². The van der Waals surface area contributed by atoms with Crippen LogP contribution in [0.1, 0.15) is 47.3 Å². The molecule has 34 heavy (non-hydrogen) atoms. The lowest BCUT2D eigenvalue weighted by atomic mass is 9.47. The molecule has 6 atom stereocenters. The number of aryl methyl sites for hydroxylation is 1. The van der Waals surface area contributed by atoms with Crippen LogP contribution in [0, 0.1) is 30.6 Å². The molecule has 9 heteroatoms. The summed E-state index contributed by atoms with van der Waals surface area (Å²) in [5.74, 6) is -0.0456.